The Morgan fingerprint density at radius 1 is 1.22 bits per heavy atom. The molecule has 0 aromatic heterocycles. The van der Waals surface area contributed by atoms with Crippen LogP contribution in [0.5, 0.6) is 11.5 Å². The van der Waals surface area contributed by atoms with Gasteiger partial charge in [0.15, 0.2) is 0 Å². The van der Waals surface area contributed by atoms with Gasteiger partial charge in [0.05, 0.1) is 7.11 Å². The lowest BCUT2D eigenvalue weighted by Gasteiger charge is -2.19. The zero-order chi connectivity index (χ0) is 13.4. The summed E-state index contributed by atoms with van der Waals surface area (Å²) in [6.45, 7) is 7.35. The zero-order valence-corrected chi connectivity index (χ0v) is 11.9. The van der Waals surface area contributed by atoms with Crippen LogP contribution >= 0.6 is 0 Å². The quantitative estimate of drug-likeness (QED) is 0.769. The maximum Gasteiger partial charge on any atom is 0.123 e. The van der Waals surface area contributed by atoms with Crippen LogP contribution < -0.4 is 14.8 Å². The summed E-state index contributed by atoms with van der Waals surface area (Å²) < 4.78 is 11.0. The maximum absolute atomic E-state index is 5.84. The Bertz CT molecular complexity index is 341. The van der Waals surface area contributed by atoms with Gasteiger partial charge in [0.2, 0.25) is 0 Å². The van der Waals surface area contributed by atoms with Crippen molar-refractivity contribution in [3.8, 4) is 11.5 Å². The van der Waals surface area contributed by atoms with Crippen LogP contribution in [-0.2, 0) is 0 Å². The molecule has 3 nitrogen and oxygen atoms in total. The van der Waals surface area contributed by atoms with E-state index >= 15 is 0 Å². The van der Waals surface area contributed by atoms with E-state index in [0.717, 1.165) is 18.0 Å². The molecule has 0 bridgehead atoms. The van der Waals surface area contributed by atoms with Crippen molar-refractivity contribution >= 4 is 0 Å². The molecular formula is C15H25NO2. The van der Waals surface area contributed by atoms with Crippen molar-refractivity contribution in [2.45, 2.75) is 45.8 Å². The third-order valence-electron chi connectivity index (χ3n) is 2.85. The number of rotatable bonds is 8. The van der Waals surface area contributed by atoms with Gasteiger partial charge in [-0.05, 0) is 32.4 Å². The highest BCUT2D eigenvalue weighted by Crippen LogP contribution is 2.19. The van der Waals surface area contributed by atoms with Gasteiger partial charge in [0.25, 0.3) is 0 Å². The van der Waals surface area contributed by atoms with Crippen LogP contribution in [0.25, 0.3) is 0 Å². The molecule has 1 N–H and O–H groups in total. The smallest absolute Gasteiger partial charge is 0.123 e. The lowest BCUT2D eigenvalue weighted by Crippen LogP contribution is -2.34. The molecule has 18 heavy (non-hydrogen) atoms. The van der Waals surface area contributed by atoms with Crippen molar-refractivity contribution in [1.82, 2.24) is 5.32 Å². The monoisotopic (exact) mass is 251 g/mol. The van der Waals surface area contributed by atoms with E-state index in [4.69, 9.17) is 9.47 Å². The standard InChI is InChI=1S/C15H25NO2/c1-5-7-12(2)16-11-13(3)18-15-9-6-8-14(10-15)17-4/h6,8-10,12-13,16H,5,7,11H2,1-4H3. The summed E-state index contributed by atoms with van der Waals surface area (Å²) in [7, 11) is 1.66. The largest absolute Gasteiger partial charge is 0.497 e. The minimum atomic E-state index is 0.149. The van der Waals surface area contributed by atoms with Gasteiger partial charge < -0.3 is 14.8 Å². The molecule has 0 aliphatic rings. The Morgan fingerprint density at radius 3 is 2.61 bits per heavy atom. The Hall–Kier alpha value is -1.22. The summed E-state index contributed by atoms with van der Waals surface area (Å²) in [6.07, 6.45) is 2.56. The normalized spacial score (nSPS) is 14.0. The van der Waals surface area contributed by atoms with Crippen LogP contribution in [0.2, 0.25) is 0 Å². The summed E-state index contributed by atoms with van der Waals surface area (Å²) in [6, 6.07) is 8.26. The molecule has 0 fully saturated rings. The van der Waals surface area contributed by atoms with Crippen molar-refractivity contribution in [3.05, 3.63) is 24.3 Å². The van der Waals surface area contributed by atoms with Crippen LogP contribution in [0, 0.1) is 0 Å². The molecule has 0 amide bonds. The van der Waals surface area contributed by atoms with E-state index in [9.17, 15) is 0 Å². The minimum absolute atomic E-state index is 0.149. The van der Waals surface area contributed by atoms with Gasteiger partial charge in [-0.2, -0.15) is 0 Å². The summed E-state index contributed by atoms with van der Waals surface area (Å²) in [4.78, 5) is 0. The average Bonchev–Trinajstić information content (AvgIpc) is 2.37. The summed E-state index contributed by atoms with van der Waals surface area (Å²) in [5.74, 6) is 1.68. The molecule has 0 saturated carbocycles. The number of nitrogens with one attached hydrogen (secondary N) is 1. The van der Waals surface area contributed by atoms with Crippen LogP contribution in [0.3, 0.4) is 0 Å². The first-order valence-electron chi connectivity index (χ1n) is 6.69. The van der Waals surface area contributed by atoms with Crippen molar-refractivity contribution in [2.75, 3.05) is 13.7 Å². The molecule has 0 spiro atoms. The molecule has 1 rings (SSSR count). The Labute approximate surface area is 110 Å². The number of hydrogen-bond donors (Lipinski definition) is 1. The predicted octanol–water partition coefficient (Wildman–Crippen LogP) is 3.24. The van der Waals surface area contributed by atoms with Gasteiger partial charge in [0.1, 0.15) is 17.6 Å². The van der Waals surface area contributed by atoms with E-state index in [0.29, 0.717) is 6.04 Å². The highest BCUT2D eigenvalue weighted by molar-refractivity contribution is 5.32. The fourth-order valence-electron chi connectivity index (χ4n) is 1.85. The predicted molar refractivity (Wildman–Crippen MR) is 75.5 cm³/mol. The van der Waals surface area contributed by atoms with Crippen molar-refractivity contribution in [2.24, 2.45) is 0 Å². The van der Waals surface area contributed by atoms with Crippen LogP contribution in [0.15, 0.2) is 24.3 Å². The van der Waals surface area contributed by atoms with Crippen LogP contribution in [0.1, 0.15) is 33.6 Å². The van der Waals surface area contributed by atoms with Gasteiger partial charge in [-0.15, -0.1) is 0 Å². The SMILES string of the molecule is CCCC(C)NCC(C)Oc1cccc(OC)c1. The highest BCUT2D eigenvalue weighted by atomic mass is 16.5. The van der Waals surface area contributed by atoms with Crippen molar-refractivity contribution < 1.29 is 9.47 Å². The van der Waals surface area contributed by atoms with E-state index in [1.807, 2.05) is 24.3 Å². The fraction of sp³-hybridized carbons (Fsp3) is 0.600. The molecule has 2 atom stereocenters. The zero-order valence-electron chi connectivity index (χ0n) is 11.9. The molecule has 0 heterocycles. The van der Waals surface area contributed by atoms with E-state index in [1.165, 1.54) is 12.8 Å². The third kappa shape index (κ3) is 5.41. The number of ether oxygens (including phenoxy) is 2. The maximum atomic E-state index is 5.84. The van der Waals surface area contributed by atoms with E-state index in [1.54, 1.807) is 7.11 Å². The Morgan fingerprint density at radius 2 is 1.94 bits per heavy atom. The molecule has 1 aromatic carbocycles. The van der Waals surface area contributed by atoms with E-state index in [-0.39, 0.29) is 6.10 Å². The second kappa shape index (κ2) is 7.98. The Balaban J connectivity index is 2.36. The number of methoxy groups -OCH3 is 1. The van der Waals surface area contributed by atoms with Gasteiger partial charge in [-0.1, -0.05) is 19.4 Å². The van der Waals surface area contributed by atoms with Crippen molar-refractivity contribution in [1.29, 1.82) is 0 Å². The topological polar surface area (TPSA) is 30.5 Å². The molecule has 2 unspecified atom stereocenters. The van der Waals surface area contributed by atoms with E-state index < -0.39 is 0 Å². The van der Waals surface area contributed by atoms with Gasteiger partial charge >= 0.3 is 0 Å². The van der Waals surface area contributed by atoms with Crippen LogP contribution in [0.4, 0.5) is 0 Å². The van der Waals surface area contributed by atoms with Gasteiger partial charge in [-0.25, -0.2) is 0 Å². The highest BCUT2D eigenvalue weighted by Gasteiger charge is 2.07. The first kappa shape index (κ1) is 14.8. The van der Waals surface area contributed by atoms with Crippen molar-refractivity contribution in [3.63, 3.8) is 0 Å². The lowest BCUT2D eigenvalue weighted by atomic mass is 10.2. The average molecular weight is 251 g/mol. The Kier molecular flexibility index (Phi) is 6.58. The minimum Gasteiger partial charge on any atom is -0.497 e. The van der Waals surface area contributed by atoms with Crippen LogP contribution in [-0.4, -0.2) is 25.8 Å². The molecule has 3 heteroatoms. The molecule has 0 saturated heterocycles. The summed E-state index contributed by atoms with van der Waals surface area (Å²) >= 11 is 0. The third-order valence-corrected chi connectivity index (χ3v) is 2.85. The molecule has 0 aliphatic carbocycles. The molecule has 0 aliphatic heterocycles. The van der Waals surface area contributed by atoms with Gasteiger partial charge in [-0.3, -0.25) is 0 Å². The number of benzene rings is 1. The van der Waals surface area contributed by atoms with E-state index in [2.05, 4.69) is 26.1 Å². The lowest BCUT2D eigenvalue weighted by molar-refractivity contribution is 0.210. The molecule has 1 aromatic rings. The first-order chi connectivity index (χ1) is 8.65. The first-order valence-corrected chi connectivity index (χ1v) is 6.69. The number of hydrogen-bond acceptors (Lipinski definition) is 3. The summed E-state index contributed by atoms with van der Waals surface area (Å²) in [5.41, 5.74) is 0. The molecular weight excluding hydrogens is 226 g/mol. The van der Waals surface area contributed by atoms with Gasteiger partial charge in [0, 0.05) is 18.7 Å². The molecule has 102 valence electrons. The second-order valence-electron chi connectivity index (χ2n) is 4.71. The fourth-order valence-corrected chi connectivity index (χ4v) is 1.85. The second-order valence-corrected chi connectivity index (χ2v) is 4.71. The molecule has 0 radical (unpaired) electrons. The summed E-state index contributed by atoms with van der Waals surface area (Å²) in [5, 5.41) is 3.48.